The molecule has 0 N–H and O–H groups in total. The van der Waals surface area contributed by atoms with Gasteiger partial charge in [0.1, 0.15) is 0 Å². The van der Waals surface area contributed by atoms with E-state index in [1.54, 1.807) is 0 Å². The van der Waals surface area contributed by atoms with Crippen molar-refractivity contribution in [3.05, 3.63) is 41.1 Å². The molecular weight excluding hydrogens is 186 g/mol. The Morgan fingerprint density at radius 3 is 2.93 bits per heavy atom. The third-order valence-corrected chi connectivity index (χ3v) is 3.18. The Hall–Kier alpha value is -1.57. The monoisotopic (exact) mass is 199 g/mol. The SMILES string of the molecule is O=C1CCCC2=Cc3ccccc3CN12. The maximum atomic E-state index is 11.7. The largest absolute Gasteiger partial charge is 0.312 e. The second-order valence-electron chi connectivity index (χ2n) is 4.17. The Kier molecular flexibility index (Phi) is 1.88. The lowest BCUT2D eigenvalue weighted by molar-refractivity contribution is -0.131. The Morgan fingerprint density at radius 1 is 1.13 bits per heavy atom. The van der Waals surface area contributed by atoms with Gasteiger partial charge in [-0.25, -0.2) is 0 Å². The zero-order chi connectivity index (χ0) is 10.3. The van der Waals surface area contributed by atoms with Gasteiger partial charge >= 0.3 is 0 Å². The van der Waals surface area contributed by atoms with Gasteiger partial charge in [-0.05, 0) is 30.0 Å². The minimum absolute atomic E-state index is 0.280. The first-order chi connectivity index (χ1) is 7.34. The van der Waals surface area contributed by atoms with E-state index in [0.717, 1.165) is 19.4 Å². The molecule has 0 bridgehead atoms. The first-order valence-corrected chi connectivity index (χ1v) is 5.43. The third kappa shape index (κ3) is 1.37. The van der Waals surface area contributed by atoms with Crippen LogP contribution >= 0.6 is 0 Å². The van der Waals surface area contributed by atoms with Gasteiger partial charge in [0.15, 0.2) is 0 Å². The predicted octanol–water partition coefficient (Wildman–Crippen LogP) is 2.55. The zero-order valence-corrected chi connectivity index (χ0v) is 8.57. The molecule has 0 aromatic heterocycles. The minimum atomic E-state index is 0.280. The normalized spacial score (nSPS) is 19.3. The number of hydrogen-bond acceptors (Lipinski definition) is 1. The van der Waals surface area contributed by atoms with E-state index in [0.29, 0.717) is 6.42 Å². The van der Waals surface area contributed by atoms with Crippen molar-refractivity contribution in [2.45, 2.75) is 25.8 Å². The fourth-order valence-electron chi connectivity index (χ4n) is 2.36. The van der Waals surface area contributed by atoms with Gasteiger partial charge < -0.3 is 4.90 Å². The standard InChI is InChI=1S/C13H13NO/c15-13-7-3-6-12-8-10-4-1-2-5-11(10)9-14(12)13/h1-2,4-5,8H,3,6-7,9H2. The number of carbonyl (C=O) groups is 1. The average molecular weight is 199 g/mol. The van der Waals surface area contributed by atoms with Crippen LogP contribution in [-0.2, 0) is 11.3 Å². The van der Waals surface area contributed by atoms with Crippen molar-refractivity contribution < 1.29 is 4.79 Å². The second-order valence-corrected chi connectivity index (χ2v) is 4.17. The molecule has 0 unspecified atom stereocenters. The lowest BCUT2D eigenvalue weighted by Gasteiger charge is -2.33. The van der Waals surface area contributed by atoms with Gasteiger partial charge in [-0.3, -0.25) is 4.79 Å². The summed E-state index contributed by atoms with van der Waals surface area (Å²) in [6, 6.07) is 8.31. The Morgan fingerprint density at radius 2 is 2.00 bits per heavy atom. The van der Waals surface area contributed by atoms with E-state index in [1.807, 2.05) is 11.0 Å². The molecule has 1 aromatic rings. The Labute approximate surface area is 89.2 Å². The van der Waals surface area contributed by atoms with Crippen LogP contribution in [0.3, 0.4) is 0 Å². The van der Waals surface area contributed by atoms with Gasteiger partial charge in [-0.1, -0.05) is 24.3 Å². The second kappa shape index (κ2) is 3.23. The van der Waals surface area contributed by atoms with E-state index in [-0.39, 0.29) is 5.91 Å². The molecule has 2 aliphatic heterocycles. The molecule has 2 heteroatoms. The van der Waals surface area contributed by atoms with E-state index in [1.165, 1.54) is 16.8 Å². The number of piperidine rings is 1. The lowest BCUT2D eigenvalue weighted by atomic mass is 9.96. The molecule has 1 aromatic carbocycles. The van der Waals surface area contributed by atoms with Gasteiger partial charge in [0.2, 0.25) is 5.91 Å². The van der Waals surface area contributed by atoms with Gasteiger partial charge in [0.25, 0.3) is 0 Å². The molecule has 1 amide bonds. The summed E-state index contributed by atoms with van der Waals surface area (Å²) in [6.07, 6.45) is 4.92. The lowest BCUT2D eigenvalue weighted by Crippen LogP contribution is -2.34. The number of allylic oxidation sites excluding steroid dienone is 1. The van der Waals surface area contributed by atoms with Crippen LogP contribution in [0.25, 0.3) is 6.08 Å². The molecule has 2 heterocycles. The molecule has 15 heavy (non-hydrogen) atoms. The van der Waals surface area contributed by atoms with E-state index in [2.05, 4.69) is 24.3 Å². The highest BCUT2D eigenvalue weighted by molar-refractivity contribution is 5.82. The van der Waals surface area contributed by atoms with E-state index >= 15 is 0 Å². The highest BCUT2D eigenvalue weighted by Crippen LogP contribution is 2.31. The van der Waals surface area contributed by atoms with Crippen LogP contribution < -0.4 is 0 Å². The van der Waals surface area contributed by atoms with Crippen molar-refractivity contribution in [1.29, 1.82) is 0 Å². The first kappa shape index (κ1) is 8.72. The van der Waals surface area contributed by atoms with Crippen LogP contribution in [0.4, 0.5) is 0 Å². The summed E-state index contributed by atoms with van der Waals surface area (Å²) in [5, 5.41) is 0. The van der Waals surface area contributed by atoms with Gasteiger partial charge in [0.05, 0.1) is 6.54 Å². The highest BCUT2D eigenvalue weighted by atomic mass is 16.2. The minimum Gasteiger partial charge on any atom is -0.312 e. The van der Waals surface area contributed by atoms with Crippen LogP contribution in [0, 0.1) is 0 Å². The van der Waals surface area contributed by atoms with Crippen molar-refractivity contribution >= 4 is 12.0 Å². The Balaban J connectivity index is 2.06. The van der Waals surface area contributed by atoms with Gasteiger partial charge in [0, 0.05) is 12.1 Å². The van der Waals surface area contributed by atoms with Crippen LogP contribution in [-0.4, -0.2) is 10.8 Å². The Bertz CT molecular complexity index is 448. The van der Waals surface area contributed by atoms with E-state index < -0.39 is 0 Å². The summed E-state index contributed by atoms with van der Waals surface area (Å²) in [5.74, 6) is 0.280. The summed E-state index contributed by atoms with van der Waals surface area (Å²) in [7, 11) is 0. The van der Waals surface area contributed by atoms with Crippen LogP contribution in [0.2, 0.25) is 0 Å². The number of rotatable bonds is 0. The molecule has 76 valence electrons. The summed E-state index contributed by atoms with van der Waals surface area (Å²) in [4.78, 5) is 13.7. The summed E-state index contributed by atoms with van der Waals surface area (Å²) in [6.45, 7) is 0.765. The average Bonchev–Trinajstić information content (AvgIpc) is 2.27. The quantitative estimate of drug-likeness (QED) is 0.628. The van der Waals surface area contributed by atoms with Crippen molar-refractivity contribution in [2.75, 3.05) is 0 Å². The molecular formula is C13H13NO. The first-order valence-electron chi connectivity index (χ1n) is 5.43. The topological polar surface area (TPSA) is 20.3 Å². The molecule has 1 fully saturated rings. The van der Waals surface area contributed by atoms with Crippen molar-refractivity contribution in [3.63, 3.8) is 0 Å². The number of fused-ring (bicyclic) bond motifs is 2. The summed E-state index contributed by atoms with van der Waals surface area (Å²) >= 11 is 0. The van der Waals surface area contributed by atoms with E-state index in [9.17, 15) is 4.79 Å². The molecule has 0 atom stereocenters. The van der Waals surface area contributed by atoms with Crippen molar-refractivity contribution in [1.82, 2.24) is 4.90 Å². The zero-order valence-electron chi connectivity index (χ0n) is 8.57. The summed E-state index contributed by atoms with van der Waals surface area (Å²) < 4.78 is 0. The maximum Gasteiger partial charge on any atom is 0.227 e. The van der Waals surface area contributed by atoms with Crippen molar-refractivity contribution in [2.24, 2.45) is 0 Å². The maximum absolute atomic E-state index is 11.7. The molecule has 0 aliphatic carbocycles. The number of benzene rings is 1. The van der Waals surface area contributed by atoms with Crippen LogP contribution in [0.15, 0.2) is 30.0 Å². The molecule has 1 saturated heterocycles. The number of nitrogens with zero attached hydrogens (tertiary/aromatic N) is 1. The molecule has 3 rings (SSSR count). The molecule has 0 radical (unpaired) electrons. The fourth-order valence-corrected chi connectivity index (χ4v) is 2.36. The van der Waals surface area contributed by atoms with Gasteiger partial charge in [-0.15, -0.1) is 0 Å². The smallest absolute Gasteiger partial charge is 0.227 e. The summed E-state index contributed by atoms with van der Waals surface area (Å²) in [5.41, 5.74) is 3.74. The van der Waals surface area contributed by atoms with Crippen LogP contribution in [0.1, 0.15) is 30.4 Å². The van der Waals surface area contributed by atoms with Crippen LogP contribution in [0.5, 0.6) is 0 Å². The molecule has 2 aliphatic rings. The molecule has 2 nitrogen and oxygen atoms in total. The van der Waals surface area contributed by atoms with Crippen molar-refractivity contribution in [3.8, 4) is 0 Å². The fraction of sp³-hybridized carbons (Fsp3) is 0.308. The van der Waals surface area contributed by atoms with Gasteiger partial charge in [-0.2, -0.15) is 0 Å². The molecule has 0 spiro atoms. The third-order valence-electron chi connectivity index (χ3n) is 3.18. The van der Waals surface area contributed by atoms with E-state index in [4.69, 9.17) is 0 Å². The number of hydrogen-bond donors (Lipinski definition) is 0. The number of amides is 1. The highest BCUT2D eigenvalue weighted by Gasteiger charge is 2.26. The predicted molar refractivity (Wildman–Crippen MR) is 58.8 cm³/mol. The number of carbonyl (C=O) groups excluding carboxylic acids is 1. The molecule has 0 saturated carbocycles.